The Morgan fingerprint density at radius 1 is 1.23 bits per heavy atom. The smallest absolute Gasteiger partial charge is 0.261 e. The maximum absolute atomic E-state index is 13.7. The predicted molar refractivity (Wildman–Crippen MR) is 84.7 cm³/mol. The Morgan fingerprint density at radius 2 is 1.95 bits per heavy atom. The fourth-order valence-corrected chi connectivity index (χ4v) is 3.70. The Balaban J connectivity index is 1.98. The molecule has 1 aliphatic heterocycles. The molecule has 6 heteroatoms. The zero-order valence-corrected chi connectivity index (χ0v) is 13.6. The fourth-order valence-electron chi connectivity index (χ4n) is 3.17. The van der Waals surface area contributed by atoms with Gasteiger partial charge < -0.3 is 4.74 Å². The lowest BCUT2D eigenvalue weighted by Crippen LogP contribution is -2.28. The van der Waals surface area contributed by atoms with E-state index in [2.05, 4.69) is 15.9 Å². The lowest BCUT2D eigenvalue weighted by Gasteiger charge is -2.25. The molecule has 2 aromatic rings. The standard InChI is InChI=1S/C16H16BrFN2O2/c17-13-8-10(18)7-12-14(13)19-15(9-3-5-22-6-4-9)20(16(12)21)11-1-2-11/h7-9,11H,1-6H2. The van der Waals surface area contributed by atoms with Gasteiger partial charge in [-0.15, -0.1) is 0 Å². The van der Waals surface area contributed by atoms with Crippen LogP contribution in [0, 0.1) is 5.82 Å². The van der Waals surface area contributed by atoms with Crippen molar-refractivity contribution in [1.29, 1.82) is 0 Å². The summed E-state index contributed by atoms with van der Waals surface area (Å²) in [5, 5.41) is 0.356. The van der Waals surface area contributed by atoms with Crippen LogP contribution in [0.4, 0.5) is 4.39 Å². The molecule has 0 unspecified atom stereocenters. The molecule has 1 saturated heterocycles. The van der Waals surface area contributed by atoms with E-state index in [1.807, 2.05) is 4.57 Å². The lowest BCUT2D eigenvalue weighted by molar-refractivity contribution is 0.0825. The van der Waals surface area contributed by atoms with E-state index >= 15 is 0 Å². The highest BCUT2D eigenvalue weighted by atomic mass is 79.9. The Kier molecular flexibility index (Phi) is 3.53. The van der Waals surface area contributed by atoms with Gasteiger partial charge in [0.25, 0.3) is 5.56 Å². The summed E-state index contributed by atoms with van der Waals surface area (Å²) in [6.45, 7) is 1.40. The molecule has 0 atom stereocenters. The molecule has 1 saturated carbocycles. The average molecular weight is 367 g/mol. The summed E-state index contributed by atoms with van der Waals surface area (Å²) in [5.74, 6) is 0.665. The first-order chi connectivity index (χ1) is 10.6. The molecule has 1 aromatic heterocycles. The first-order valence-corrected chi connectivity index (χ1v) is 8.43. The highest BCUT2D eigenvalue weighted by Gasteiger charge is 2.32. The number of hydrogen-bond donors (Lipinski definition) is 0. The molecule has 2 fully saturated rings. The van der Waals surface area contributed by atoms with Crippen LogP contribution in [0.25, 0.3) is 10.9 Å². The molecule has 22 heavy (non-hydrogen) atoms. The first-order valence-electron chi connectivity index (χ1n) is 7.64. The van der Waals surface area contributed by atoms with Crippen LogP contribution in [-0.4, -0.2) is 22.8 Å². The van der Waals surface area contributed by atoms with Crippen LogP contribution in [-0.2, 0) is 4.74 Å². The summed E-state index contributed by atoms with van der Waals surface area (Å²) in [7, 11) is 0. The van der Waals surface area contributed by atoms with E-state index in [9.17, 15) is 9.18 Å². The van der Waals surface area contributed by atoms with Gasteiger partial charge in [0.1, 0.15) is 11.6 Å². The number of aromatic nitrogens is 2. The van der Waals surface area contributed by atoms with Crippen molar-refractivity contribution >= 4 is 26.8 Å². The number of halogens is 2. The highest BCUT2D eigenvalue weighted by Crippen LogP contribution is 2.38. The van der Waals surface area contributed by atoms with Gasteiger partial charge in [0.15, 0.2) is 0 Å². The van der Waals surface area contributed by atoms with Crippen LogP contribution in [0.15, 0.2) is 21.4 Å². The second-order valence-electron chi connectivity index (χ2n) is 6.05. The number of fused-ring (bicyclic) bond motifs is 1. The average Bonchev–Trinajstić information content (AvgIpc) is 3.33. The van der Waals surface area contributed by atoms with Gasteiger partial charge in [0.05, 0.1) is 10.9 Å². The molecule has 2 heterocycles. The summed E-state index contributed by atoms with van der Waals surface area (Å²) >= 11 is 3.34. The van der Waals surface area contributed by atoms with E-state index in [0.29, 0.717) is 28.6 Å². The zero-order valence-electron chi connectivity index (χ0n) is 12.0. The van der Waals surface area contributed by atoms with Crippen molar-refractivity contribution in [1.82, 2.24) is 9.55 Å². The fraction of sp³-hybridized carbons (Fsp3) is 0.500. The second-order valence-corrected chi connectivity index (χ2v) is 6.90. The minimum absolute atomic E-state index is 0.116. The third-order valence-electron chi connectivity index (χ3n) is 4.45. The SMILES string of the molecule is O=c1c2cc(F)cc(Br)c2nc(C2CCOCC2)n1C1CC1. The normalized spacial score (nSPS) is 19.7. The van der Waals surface area contributed by atoms with Gasteiger partial charge in [-0.1, -0.05) is 0 Å². The molecule has 2 aliphatic rings. The first kappa shape index (κ1) is 14.3. The molecule has 1 aromatic carbocycles. The molecule has 4 nitrogen and oxygen atoms in total. The molecular formula is C16H16BrFN2O2. The van der Waals surface area contributed by atoms with E-state index in [1.54, 1.807) is 0 Å². The summed E-state index contributed by atoms with van der Waals surface area (Å²) in [6.07, 6.45) is 3.76. The quantitative estimate of drug-likeness (QED) is 0.816. The number of hydrogen-bond acceptors (Lipinski definition) is 3. The molecule has 0 bridgehead atoms. The Hall–Kier alpha value is -1.27. The van der Waals surface area contributed by atoms with Gasteiger partial charge >= 0.3 is 0 Å². The third-order valence-corrected chi connectivity index (χ3v) is 5.05. The summed E-state index contributed by atoms with van der Waals surface area (Å²) < 4.78 is 21.4. The molecule has 0 spiro atoms. The number of benzene rings is 1. The predicted octanol–water partition coefficient (Wildman–Crippen LogP) is 3.53. The van der Waals surface area contributed by atoms with Crippen molar-refractivity contribution in [2.24, 2.45) is 0 Å². The number of rotatable bonds is 2. The molecule has 0 amide bonds. The second kappa shape index (κ2) is 5.42. The molecule has 4 rings (SSSR count). The third kappa shape index (κ3) is 2.38. The van der Waals surface area contributed by atoms with Crippen LogP contribution in [0.5, 0.6) is 0 Å². The van der Waals surface area contributed by atoms with Crippen LogP contribution in [0.1, 0.15) is 43.5 Å². The van der Waals surface area contributed by atoms with Gasteiger partial charge in [0.2, 0.25) is 0 Å². The van der Waals surface area contributed by atoms with E-state index in [-0.39, 0.29) is 17.5 Å². The zero-order chi connectivity index (χ0) is 15.3. The minimum Gasteiger partial charge on any atom is -0.381 e. The maximum Gasteiger partial charge on any atom is 0.261 e. The molecule has 1 aliphatic carbocycles. The Labute approximate surface area is 135 Å². The maximum atomic E-state index is 13.7. The van der Waals surface area contributed by atoms with Crippen molar-refractivity contribution in [3.05, 3.63) is 38.6 Å². The van der Waals surface area contributed by atoms with Crippen LogP contribution < -0.4 is 5.56 Å². The molecule has 0 radical (unpaired) electrons. The summed E-state index contributed by atoms with van der Waals surface area (Å²) in [6, 6.07) is 2.88. The van der Waals surface area contributed by atoms with E-state index in [4.69, 9.17) is 9.72 Å². The van der Waals surface area contributed by atoms with Gasteiger partial charge in [-0.05, 0) is 53.7 Å². The van der Waals surface area contributed by atoms with Gasteiger partial charge in [-0.2, -0.15) is 0 Å². The lowest BCUT2D eigenvalue weighted by atomic mass is 9.98. The van der Waals surface area contributed by atoms with Crippen molar-refractivity contribution < 1.29 is 9.13 Å². The largest absolute Gasteiger partial charge is 0.381 e. The monoisotopic (exact) mass is 366 g/mol. The molecule has 116 valence electrons. The van der Waals surface area contributed by atoms with Crippen molar-refractivity contribution in [3.63, 3.8) is 0 Å². The van der Waals surface area contributed by atoms with E-state index in [0.717, 1.165) is 31.5 Å². The van der Waals surface area contributed by atoms with Crippen LogP contribution in [0.3, 0.4) is 0 Å². The van der Waals surface area contributed by atoms with Crippen molar-refractivity contribution in [3.8, 4) is 0 Å². The van der Waals surface area contributed by atoms with Crippen molar-refractivity contribution in [2.75, 3.05) is 13.2 Å². The van der Waals surface area contributed by atoms with E-state index < -0.39 is 5.82 Å². The summed E-state index contributed by atoms with van der Waals surface area (Å²) in [5.41, 5.74) is 0.444. The van der Waals surface area contributed by atoms with Gasteiger partial charge in [0, 0.05) is 29.6 Å². The van der Waals surface area contributed by atoms with Crippen molar-refractivity contribution in [2.45, 2.75) is 37.6 Å². The number of nitrogens with zero attached hydrogens (tertiary/aromatic N) is 2. The topological polar surface area (TPSA) is 44.1 Å². The van der Waals surface area contributed by atoms with Gasteiger partial charge in [-0.3, -0.25) is 9.36 Å². The van der Waals surface area contributed by atoms with Crippen LogP contribution in [0.2, 0.25) is 0 Å². The number of ether oxygens (including phenoxy) is 1. The molecular weight excluding hydrogens is 351 g/mol. The van der Waals surface area contributed by atoms with E-state index in [1.165, 1.54) is 12.1 Å². The Bertz CT molecular complexity index is 795. The van der Waals surface area contributed by atoms with Gasteiger partial charge in [-0.25, -0.2) is 9.37 Å². The minimum atomic E-state index is -0.417. The van der Waals surface area contributed by atoms with Crippen LogP contribution >= 0.6 is 15.9 Å². The summed E-state index contributed by atoms with van der Waals surface area (Å²) in [4.78, 5) is 17.6. The highest BCUT2D eigenvalue weighted by molar-refractivity contribution is 9.10. The molecule has 0 N–H and O–H groups in total. The Morgan fingerprint density at radius 3 is 2.64 bits per heavy atom.